The summed E-state index contributed by atoms with van der Waals surface area (Å²) in [6.45, 7) is 2.14. The van der Waals surface area contributed by atoms with E-state index in [0.717, 1.165) is 42.4 Å². The summed E-state index contributed by atoms with van der Waals surface area (Å²) in [6.07, 6.45) is 8.74. The Morgan fingerprint density at radius 1 is 1.11 bits per heavy atom. The van der Waals surface area contributed by atoms with E-state index in [4.69, 9.17) is 4.74 Å². The molecule has 3 unspecified atom stereocenters. The Bertz CT molecular complexity index is 520. The molecule has 3 aliphatic rings. The first kappa shape index (κ1) is 11.6. The van der Waals surface area contributed by atoms with Gasteiger partial charge in [0.25, 0.3) is 0 Å². The van der Waals surface area contributed by atoms with Gasteiger partial charge in [-0.2, -0.15) is 0 Å². The van der Waals surface area contributed by atoms with Crippen molar-refractivity contribution < 1.29 is 9.84 Å². The minimum atomic E-state index is 0.291. The molecular formula is C17H22O2. The van der Waals surface area contributed by atoms with Crippen LogP contribution in [0.4, 0.5) is 0 Å². The minimum absolute atomic E-state index is 0.291. The first-order valence-electron chi connectivity index (χ1n) is 7.75. The molecule has 1 fully saturated rings. The Labute approximate surface area is 114 Å². The highest BCUT2D eigenvalue weighted by atomic mass is 16.5. The second-order valence-electron chi connectivity index (χ2n) is 6.67. The maximum atomic E-state index is 10.3. The number of ether oxygens (including phenoxy) is 1. The summed E-state index contributed by atoms with van der Waals surface area (Å²) >= 11 is 0. The summed E-state index contributed by atoms with van der Waals surface area (Å²) < 4.78 is 6.10. The number of benzene rings is 1. The predicted octanol–water partition coefficient (Wildman–Crippen LogP) is 3.62. The molecule has 1 aromatic carbocycles. The number of rotatable bonds is 0. The first-order chi connectivity index (χ1) is 9.22. The summed E-state index contributed by atoms with van der Waals surface area (Å²) in [4.78, 5) is 0. The highest BCUT2D eigenvalue weighted by Gasteiger charge is 2.36. The largest absolute Gasteiger partial charge is 0.508 e. The molecule has 0 amide bonds. The summed E-state index contributed by atoms with van der Waals surface area (Å²) in [5.41, 5.74) is 3.84. The number of fused-ring (bicyclic) bond motifs is 4. The highest BCUT2D eigenvalue weighted by Crippen LogP contribution is 2.48. The van der Waals surface area contributed by atoms with E-state index < -0.39 is 0 Å². The number of phenolic OH excluding ortho intramolecular Hbond substituents is 1. The van der Waals surface area contributed by atoms with Crippen molar-refractivity contribution in [2.24, 2.45) is 11.8 Å². The van der Waals surface area contributed by atoms with Gasteiger partial charge in [0.2, 0.25) is 0 Å². The second kappa shape index (κ2) is 4.16. The van der Waals surface area contributed by atoms with Gasteiger partial charge in [-0.1, -0.05) is 6.42 Å². The lowest BCUT2D eigenvalue weighted by Gasteiger charge is -2.33. The molecule has 0 saturated heterocycles. The van der Waals surface area contributed by atoms with Crippen LogP contribution < -0.4 is 4.74 Å². The average molecular weight is 258 g/mol. The summed E-state index contributed by atoms with van der Waals surface area (Å²) in [5.74, 6) is 3.23. The van der Waals surface area contributed by atoms with Crippen molar-refractivity contribution in [1.29, 1.82) is 0 Å². The molecule has 0 aromatic heterocycles. The molecule has 3 atom stereocenters. The zero-order valence-corrected chi connectivity index (χ0v) is 11.6. The van der Waals surface area contributed by atoms with Gasteiger partial charge in [-0.05, 0) is 74.5 Å². The van der Waals surface area contributed by atoms with Crippen molar-refractivity contribution in [3.63, 3.8) is 0 Å². The molecule has 102 valence electrons. The van der Waals surface area contributed by atoms with Crippen LogP contribution in [0, 0.1) is 11.8 Å². The molecule has 2 heteroatoms. The van der Waals surface area contributed by atoms with Gasteiger partial charge in [0.05, 0.1) is 6.10 Å². The smallest absolute Gasteiger partial charge is 0.130 e. The van der Waals surface area contributed by atoms with Gasteiger partial charge in [0.1, 0.15) is 11.5 Å². The zero-order chi connectivity index (χ0) is 13.0. The molecule has 0 radical (unpaired) electrons. The van der Waals surface area contributed by atoms with Crippen molar-refractivity contribution in [2.45, 2.75) is 58.0 Å². The van der Waals surface area contributed by atoms with Crippen LogP contribution in [0.3, 0.4) is 0 Å². The molecule has 1 aliphatic heterocycles. The third-order valence-corrected chi connectivity index (χ3v) is 5.44. The van der Waals surface area contributed by atoms with Gasteiger partial charge in [-0.25, -0.2) is 0 Å². The van der Waals surface area contributed by atoms with Crippen molar-refractivity contribution in [2.75, 3.05) is 0 Å². The van der Waals surface area contributed by atoms with E-state index in [1.54, 1.807) is 0 Å². The minimum Gasteiger partial charge on any atom is -0.508 e. The Kier molecular flexibility index (Phi) is 2.54. The lowest BCUT2D eigenvalue weighted by Crippen LogP contribution is -2.25. The molecule has 0 spiro atoms. The van der Waals surface area contributed by atoms with E-state index >= 15 is 0 Å². The van der Waals surface area contributed by atoms with E-state index in [9.17, 15) is 5.11 Å². The Morgan fingerprint density at radius 2 is 1.89 bits per heavy atom. The summed E-state index contributed by atoms with van der Waals surface area (Å²) in [6, 6.07) is 2.03. The van der Waals surface area contributed by atoms with Gasteiger partial charge in [0, 0.05) is 5.56 Å². The molecule has 1 heterocycles. The number of phenols is 1. The first-order valence-corrected chi connectivity index (χ1v) is 7.75. The average Bonchev–Trinajstić information content (AvgIpc) is 2.84. The van der Waals surface area contributed by atoms with Gasteiger partial charge >= 0.3 is 0 Å². The number of hydrogen-bond acceptors (Lipinski definition) is 2. The molecule has 0 bridgehead atoms. The number of hydrogen-bond donors (Lipinski definition) is 1. The molecular weight excluding hydrogens is 236 g/mol. The maximum Gasteiger partial charge on any atom is 0.130 e. The predicted molar refractivity (Wildman–Crippen MR) is 74.8 cm³/mol. The molecule has 19 heavy (non-hydrogen) atoms. The lowest BCUT2D eigenvalue weighted by molar-refractivity contribution is 0.185. The Balaban J connectivity index is 1.81. The fraction of sp³-hybridized carbons (Fsp3) is 0.647. The highest BCUT2D eigenvalue weighted by molar-refractivity contribution is 5.56. The van der Waals surface area contributed by atoms with Gasteiger partial charge < -0.3 is 9.84 Å². The third-order valence-electron chi connectivity index (χ3n) is 5.44. The zero-order valence-electron chi connectivity index (χ0n) is 11.6. The van der Waals surface area contributed by atoms with Crippen molar-refractivity contribution >= 4 is 0 Å². The van der Waals surface area contributed by atoms with Gasteiger partial charge in [0.15, 0.2) is 0 Å². The van der Waals surface area contributed by atoms with Crippen LogP contribution in [0.1, 0.15) is 49.3 Å². The fourth-order valence-corrected chi connectivity index (χ4v) is 4.38. The summed E-state index contributed by atoms with van der Waals surface area (Å²) in [7, 11) is 0. The maximum absolute atomic E-state index is 10.3. The molecule has 1 N–H and O–H groups in total. The molecule has 4 rings (SSSR count). The van der Waals surface area contributed by atoms with Crippen LogP contribution in [0.2, 0.25) is 0 Å². The molecule has 1 saturated carbocycles. The lowest BCUT2D eigenvalue weighted by atomic mass is 9.76. The van der Waals surface area contributed by atoms with Crippen molar-refractivity contribution in [3.05, 3.63) is 22.8 Å². The monoisotopic (exact) mass is 258 g/mol. The molecule has 2 aliphatic carbocycles. The van der Waals surface area contributed by atoms with E-state index in [1.807, 2.05) is 6.07 Å². The van der Waals surface area contributed by atoms with Crippen LogP contribution in [0.25, 0.3) is 0 Å². The van der Waals surface area contributed by atoms with Crippen LogP contribution in [-0.4, -0.2) is 11.2 Å². The van der Waals surface area contributed by atoms with Gasteiger partial charge in [-0.15, -0.1) is 0 Å². The van der Waals surface area contributed by atoms with Crippen LogP contribution >= 0.6 is 0 Å². The molecule has 2 nitrogen and oxygen atoms in total. The fourth-order valence-electron chi connectivity index (χ4n) is 4.38. The van der Waals surface area contributed by atoms with Crippen LogP contribution in [-0.2, 0) is 19.3 Å². The van der Waals surface area contributed by atoms with E-state index in [2.05, 4.69) is 6.92 Å². The second-order valence-corrected chi connectivity index (χ2v) is 6.67. The van der Waals surface area contributed by atoms with Crippen LogP contribution in [0.15, 0.2) is 6.07 Å². The normalized spacial score (nSPS) is 32.2. The SMILES string of the molecule is CC1CCc2c(O)cc3c(c2O1)CC1CCCC1C3. The quantitative estimate of drug-likeness (QED) is 0.770. The van der Waals surface area contributed by atoms with Gasteiger partial charge in [-0.3, -0.25) is 0 Å². The third kappa shape index (κ3) is 1.76. The Hall–Kier alpha value is -1.18. The van der Waals surface area contributed by atoms with Crippen LogP contribution in [0.5, 0.6) is 11.5 Å². The topological polar surface area (TPSA) is 29.5 Å². The van der Waals surface area contributed by atoms with E-state index in [1.165, 1.54) is 36.8 Å². The number of aromatic hydroxyl groups is 1. The van der Waals surface area contributed by atoms with Crippen molar-refractivity contribution in [1.82, 2.24) is 0 Å². The van der Waals surface area contributed by atoms with Crippen molar-refractivity contribution in [3.8, 4) is 11.5 Å². The van der Waals surface area contributed by atoms with E-state index in [0.29, 0.717) is 11.9 Å². The van der Waals surface area contributed by atoms with E-state index in [-0.39, 0.29) is 0 Å². The standard InChI is InChI=1S/C17H22O2/c1-10-5-6-14-16(18)9-13-7-11-3-2-4-12(11)8-15(13)17(14)19-10/h9-12,18H,2-8H2,1H3. The summed E-state index contributed by atoms with van der Waals surface area (Å²) in [5, 5.41) is 10.3. The molecule has 1 aromatic rings. The Morgan fingerprint density at radius 3 is 2.74 bits per heavy atom.